The molecule has 1 aromatic carbocycles. The Morgan fingerprint density at radius 1 is 1.50 bits per heavy atom. The molecule has 1 heterocycles. The topological polar surface area (TPSA) is 58.2 Å². The summed E-state index contributed by atoms with van der Waals surface area (Å²) in [5.41, 5.74) is 2.06. The molecule has 0 saturated carbocycles. The third-order valence-corrected chi connectivity index (χ3v) is 4.64. The molecular weight excluding hydrogens is 292 g/mol. The number of benzene rings is 1. The maximum absolute atomic E-state index is 11.8. The molecule has 0 radical (unpaired) electrons. The lowest BCUT2D eigenvalue weighted by Crippen LogP contribution is -2.23. The summed E-state index contributed by atoms with van der Waals surface area (Å²) in [6.07, 6.45) is 0.865. The van der Waals surface area contributed by atoms with Crippen LogP contribution >= 0.6 is 15.9 Å². The van der Waals surface area contributed by atoms with Crippen LogP contribution in [0.5, 0.6) is 0 Å². The lowest BCUT2D eigenvalue weighted by molar-refractivity contribution is 0.584. The van der Waals surface area contributed by atoms with Gasteiger partial charge >= 0.3 is 0 Å². The number of hydrogen-bond acceptors (Lipinski definition) is 3. The van der Waals surface area contributed by atoms with Crippen LogP contribution in [0.3, 0.4) is 0 Å². The van der Waals surface area contributed by atoms with E-state index in [1.807, 2.05) is 0 Å². The molecular formula is C10H13BrN2O2S. The molecule has 0 spiro atoms. The number of nitrogens with one attached hydrogen (secondary N) is 2. The molecule has 2 N–H and O–H groups in total. The first-order valence-corrected chi connectivity index (χ1v) is 7.38. The van der Waals surface area contributed by atoms with Crippen molar-refractivity contribution in [1.29, 1.82) is 0 Å². The lowest BCUT2D eigenvalue weighted by atomic mass is 10.2. The average Bonchev–Trinajstić information content (AvgIpc) is 2.65. The van der Waals surface area contributed by atoms with Crippen LogP contribution in [0.1, 0.15) is 12.5 Å². The van der Waals surface area contributed by atoms with E-state index in [-0.39, 0.29) is 0 Å². The predicted octanol–water partition coefficient (Wildman–Crippen LogP) is 1.72. The zero-order chi connectivity index (χ0) is 11.8. The molecule has 0 aromatic heterocycles. The van der Waals surface area contributed by atoms with E-state index in [0.717, 1.165) is 28.7 Å². The standard InChI is InChI=1S/C10H13BrN2O2S/c1-2-13-16(14,15)8-5-7-3-4-12-10(7)9(11)6-8/h5-6,12-13H,2-4H2,1H3. The van der Waals surface area contributed by atoms with Crippen molar-refractivity contribution in [3.8, 4) is 0 Å². The molecule has 0 fully saturated rings. The van der Waals surface area contributed by atoms with Crippen molar-refractivity contribution in [1.82, 2.24) is 4.72 Å². The predicted molar refractivity (Wildman–Crippen MR) is 67.2 cm³/mol. The first-order valence-electron chi connectivity index (χ1n) is 5.10. The van der Waals surface area contributed by atoms with Crippen LogP contribution in [0.4, 0.5) is 5.69 Å². The Morgan fingerprint density at radius 2 is 2.25 bits per heavy atom. The fourth-order valence-electron chi connectivity index (χ4n) is 1.78. The zero-order valence-corrected chi connectivity index (χ0v) is 11.3. The molecule has 0 saturated heterocycles. The highest BCUT2D eigenvalue weighted by molar-refractivity contribution is 9.10. The van der Waals surface area contributed by atoms with Gasteiger partial charge in [-0.2, -0.15) is 0 Å². The minimum Gasteiger partial charge on any atom is -0.384 e. The molecule has 0 bridgehead atoms. The maximum atomic E-state index is 11.8. The van der Waals surface area contributed by atoms with Gasteiger partial charge < -0.3 is 5.32 Å². The minimum absolute atomic E-state index is 0.323. The molecule has 4 nitrogen and oxygen atoms in total. The van der Waals surface area contributed by atoms with Gasteiger partial charge in [-0.25, -0.2) is 13.1 Å². The van der Waals surface area contributed by atoms with E-state index < -0.39 is 10.0 Å². The SMILES string of the molecule is CCNS(=O)(=O)c1cc(Br)c2c(c1)CCN2. The summed E-state index contributed by atoms with van der Waals surface area (Å²) in [4.78, 5) is 0.323. The van der Waals surface area contributed by atoms with Crippen molar-refractivity contribution < 1.29 is 8.42 Å². The first-order chi connectivity index (χ1) is 7.54. The molecule has 88 valence electrons. The molecule has 2 rings (SSSR count). The molecule has 16 heavy (non-hydrogen) atoms. The minimum atomic E-state index is -3.36. The van der Waals surface area contributed by atoms with Gasteiger partial charge in [0.15, 0.2) is 0 Å². The van der Waals surface area contributed by atoms with Crippen molar-refractivity contribution in [3.05, 3.63) is 22.2 Å². The summed E-state index contributed by atoms with van der Waals surface area (Å²) >= 11 is 3.39. The highest BCUT2D eigenvalue weighted by atomic mass is 79.9. The second-order valence-electron chi connectivity index (χ2n) is 3.62. The van der Waals surface area contributed by atoms with Crippen LogP contribution in [0.25, 0.3) is 0 Å². The fourth-order valence-corrected chi connectivity index (χ4v) is 3.69. The summed E-state index contributed by atoms with van der Waals surface area (Å²) in [6.45, 7) is 3.02. The molecule has 0 atom stereocenters. The van der Waals surface area contributed by atoms with E-state index in [1.165, 1.54) is 0 Å². The summed E-state index contributed by atoms with van der Waals surface area (Å²) < 4.78 is 27.0. The van der Waals surface area contributed by atoms with Crippen molar-refractivity contribution in [3.63, 3.8) is 0 Å². The maximum Gasteiger partial charge on any atom is 0.240 e. The van der Waals surface area contributed by atoms with Crippen LogP contribution in [0, 0.1) is 0 Å². The number of rotatable bonds is 3. The molecule has 0 unspecified atom stereocenters. The highest BCUT2D eigenvalue weighted by Crippen LogP contribution is 2.33. The third kappa shape index (κ3) is 2.09. The number of anilines is 1. The van der Waals surface area contributed by atoms with Gasteiger partial charge in [-0.1, -0.05) is 6.92 Å². The van der Waals surface area contributed by atoms with Crippen LogP contribution < -0.4 is 10.0 Å². The monoisotopic (exact) mass is 304 g/mol. The first kappa shape index (κ1) is 11.9. The van der Waals surface area contributed by atoms with Crippen molar-refractivity contribution >= 4 is 31.6 Å². The largest absolute Gasteiger partial charge is 0.384 e. The van der Waals surface area contributed by atoms with Gasteiger partial charge in [-0.05, 0) is 40.0 Å². The lowest BCUT2D eigenvalue weighted by Gasteiger charge is -2.08. The Morgan fingerprint density at radius 3 is 2.94 bits per heavy atom. The van der Waals surface area contributed by atoms with Gasteiger partial charge in [0.05, 0.1) is 10.6 Å². The second-order valence-corrected chi connectivity index (χ2v) is 6.24. The Kier molecular flexibility index (Phi) is 3.23. The van der Waals surface area contributed by atoms with Gasteiger partial charge in [-0.15, -0.1) is 0 Å². The van der Waals surface area contributed by atoms with E-state index in [4.69, 9.17) is 0 Å². The normalized spacial score (nSPS) is 14.6. The van der Waals surface area contributed by atoms with E-state index in [9.17, 15) is 8.42 Å². The number of fused-ring (bicyclic) bond motifs is 1. The van der Waals surface area contributed by atoms with Gasteiger partial charge in [0, 0.05) is 17.6 Å². The fraction of sp³-hybridized carbons (Fsp3) is 0.400. The highest BCUT2D eigenvalue weighted by Gasteiger charge is 2.20. The van der Waals surface area contributed by atoms with Gasteiger partial charge in [0.25, 0.3) is 0 Å². The molecule has 0 aliphatic carbocycles. The van der Waals surface area contributed by atoms with Crippen LogP contribution in [0.2, 0.25) is 0 Å². The third-order valence-electron chi connectivity index (χ3n) is 2.49. The number of hydrogen-bond donors (Lipinski definition) is 2. The summed E-state index contributed by atoms with van der Waals surface area (Å²) in [5.74, 6) is 0. The van der Waals surface area contributed by atoms with Crippen LogP contribution in [-0.4, -0.2) is 21.5 Å². The number of halogens is 1. The van der Waals surface area contributed by atoms with Gasteiger partial charge in [-0.3, -0.25) is 0 Å². The van der Waals surface area contributed by atoms with Gasteiger partial charge in [0.2, 0.25) is 10.0 Å². The second kappa shape index (κ2) is 4.35. The van der Waals surface area contributed by atoms with E-state index in [0.29, 0.717) is 11.4 Å². The Labute approximate surface area is 104 Å². The van der Waals surface area contributed by atoms with E-state index >= 15 is 0 Å². The van der Waals surface area contributed by atoms with Crippen molar-refractivity contribution in [2.75, 3.05) is 18.4 Å². The van der Waals surface area contributed by atoms with Crippen molar-refractivity contribution in [2.45, 2.75) is 18.2 Å². The zero-order valence-electron chi connectivity index (χ0n) is 8.88. The molecule has 0 amide bonds. The summed E-state index contributed by atoms with van der Waals surface area (Å²) in [7, 11) is -3.36. The van der Waals surface area contributed by atoms with Crippen molar-refractivity contribution in [2.24, 2.45) is 0 Å². The molecule has 6 heteroatoms. The van der Waals surface area contributed by atoms with E-state index in [1.54, 1.807) is 19.1 Å². The molecule has 1 aliphatic heterocycles. The van der Waals surface area contributed by atoms with Crippen LogP contribution in [0.15, 0.2) is 21.5 Å². The molecule has 1 aromatic rings. The smallest absolute Gasteiger partial charge is 0.240 e. The molecule has 1 aliphatic rings. The number of sulfonamides is 1. The average molecular weight is 305 g/mol. The quantitative estimate of drug-likeness (QED) is 0.894. The Hall–Kier alpha value is -0.590. The van der Waals surface area contributed by atoms with E-state index in [2.05, 4.69) is 26.0 Å². The Bertz CT molecular complexity index is 514. The Balaban J connectivity index is 2.48. The summed E-state index contributed by atoms with van der Waals surface area (Å²) in [6, 6.07) is 3.37. The van der Waals surface area contributed by atoms with Gasteiger partial charge in [0.1, 0.15) is 0 Å². The van der Waals surface area contributed by atoms with Crippen LogP contribution in [-0.2, 0) is 16.4 Å². The summed E-state index contributed by atoms with van der Waals surface area (Å²) in [5, 5.41) is 3.22.